The summed E-state index contributed by atoms with van der Waals surface area (Å²) in [5, 5.41) is 3.44. The summed E-state index contributed by atoms with van der Waals surface area (Å²) in [5.41, 5.74) is 6.75. The van der Waals surface area contributed by atoms with E-state index in [9.17, 15) is 4.79 Å². The SMILES string of the molecule is Cc1nc(N2CCCC(CC(N)=O)C2)c2c(CC(C)C)csc2n1. The molecule has 0 aliphatic carbocycles. The third kappa shape index (κ3) is 3.69. The van der Waals surface area contributed by atoms with Gasteiger partial charge in [-0.05, 0) is 49.0 Å². The van der Waals surface area contributed by atoms with Gasteiger partial charge >= 0.3 is 0 Å². The largest absolute Gasteiger partial charge is 0.370 e. The fourth-order valence-electron chi connectivity index (χ4n) is 3.61. The van der Waals surface area contributed by atoms with Crippen LogP contribution >= 0.6 is 11.3 Å². The molecule has 2 N–H and O–H groups in total. The highest BCUT2D eigenvalue weighted by Gasteiger charge is 2.25. The molecule has 1 unspecified atom stereocenters. The van der Waals surface area contributed by atoms with E-state index < -0.39 is 0 Å². The highest BCUT2D eigenvalue weighted by Crippen LogP contribution is 2.35. The third-order valence-corrected chi connectivity index (χ3v) is 5.46. The first-order chi connectivity index (χ1) is 11.4. The fraction of sp³-hybridized carbons (Fsp3) is 0.611. The second-order valence-corrected chi connectivity index (χ2v) is 8.12. The first kappa shape index (κ1) is 17.1. The highest BCUT2D eigenvalue weighted by atomic mass is 32.1. The number of piperidine rings is 1. The first-order valence-electron chi connectivity index (χ1n) is 8.72. The lowest BCUT2D eigenvalue weighted by Gasteiger charge is -2.33. The Kier molecular flexibility index (Phi) is 5.04. The standard InChI is InChI=1S/C18H26N4OS/c1-11(2)7-14-10-24-18-16(14)17(20-12(3)21-18)22-6-4-5-13(9-22)8-15(19)23/h10-11,13H,4-9H2,1-3H3,(H2,19,23). The number of carbonyl (C=O) groups is 1. The fourth-order valence-corrected chi connectivity index (χ4v) is 4.61. The van der Waals surface area contributed by atoms with Crippen molar-refractivity contribution in [2.24, 2.45) is 17.6 Å². The second kappa shape index (κ2) is 7.05. The zero-order valence-corrected chi connectivity index (χ0v) is 15.5. The molecule has 0 aromatic carbocycles. The van der Waals surface area contributed by atoms with Crippen LogP contribution in [0.2, 0.25) is 0 Å². The number of amides is 1. The van der Waals surface area contributed by atoms with Gasteiger partial charge in [-0.25, -0.2) is 9.97 Å². The van der Waals surface area contributed by atoms with E-state index in [1.165, 1.54) is 10.9 Å². The summed E-state index contributed by atoms with van der Waals surface area (Å²) in [7, 11) is 0. The van der Waals surface area contributed by atoms with Gasteiger partial charge in [0.1, 0.15) is 16.5 Å². The predicted molar refractivity (Wildman–Crippen MR) is 99.4 cm³/mol. The van der Waals surface area contributed by atoms with Crippen molar-refractivity contribution >= 4 is 33.3 Å². The number of hydrogen-bond donors (Lipinski definition) is 1. The van der Waals surface area contributed by atoms with Crippen molar-refractivity contribution in [1.82, 2.24) is 9.97 Å². The van der Waals surface area contributed by atoms with Gasteiger partial charge in [0.25, 0.3) is 0 Å². The molecular weight excluding hydrogens is 320 g/mol. The van der Waals surface area contributed by atoms with Gasteiger partial charge in [-0.2, -0.15) is 0 Å². The molecule has 24 heavy (non-hydrogen) atoms. The second-order valence-electron chi connectivity index (χ2n) is 7.26. The van der Waals surface area contributed by atoms with Crippen LogP contribution in [0.25, 0.3) is 10.2 Å². The highest BCUT2D eigenvalue weighted by molar-refractivity contribution is 7.17. The molecule has 3 heterocycles. The van der Waals surface area contributed by atoms with Crippen molar-refractivity contribution in [2.75, 3.05) is 18.0 Å². The number of carbonyl (C=O) groups excluding carboxylic acids is 1. The maximum absolute atomic E-state index is 11.3. The lowest BCUT2D eigenvalue weighted by molar-refractivity contribution is -0.118. The lowest BCUT2D eigenvalue weighted by Crippen LogP contribution is -2.37. The molecule has 1 saturated heterocycles. The van der Waals surface area contributed by atoms with Crippen molar-refractivity contribution in [3.05, 3.63) is 16.8 Å². The molecule has 0 radical (unpaired) electrons. The van der Waals surface area contributed by atoms with Crippen LogP contribution in [0, 0.1) is 18.8 Å². The zero-order valence-electron chi connectivity index (χ0n) is 14.7. The van der Waals surface area contributed by atoms with Gasteiger partial charge < -0.3 is 10.6 Å². The minimum atomic E-state index is -0.207. The summed E-state index contributed by atoms with van der Waals surface area (Å²) in [5.74, 6) is 2.58. The van der Waals surface area contributed by atoms with E-state index in [0.29, 0.717) is 18.3 Å². The number of nitrogens with two attached hydrogens (primary N) is 1. The maximum Gasteiger partial charge on any atom is 0.217 e. The first-order valence-corrected chi connectivity index (χ1v) is 9.60. The van der Waals surface area contributed by atoms with E-state index >= 15 is 0 Å². The van der Waals surface area contributed by atoms with Gasteiger partial charge in [-0.1, -0.05) is 13.8 Å². The molecule has 0 bridgehead atoms. The number of aryl methyl sites for hydroxylation is 1. The summed E-state index contributed by atoms with van der Waals surface area (Å²) < 4.78 is 0. The molecule has 1 amide bonds. The van der Waals surface area contributed by atoms with Crippen LogP contribution in [0.5, 0.6) is 0 Å². The smallest absolute Gasteiger partial charge is 0.217 e. The number of hydrogen-bond acceptors (Lipinski definition) is 5. The summed E-state index contributed by atoms with van der Waals surface area (Å²) in [6, 6.07) is 0. The summed E-state index contributed by atoms with van der Waals surface area (Å²) in [6.07, 6.45) is 3.64. The van der Waals surface area contributed by atoms with Crippen LogP contribution in [-0.2, 0) is 11.2 Å². The van der Waals surface area contributed by atoms with Gasteiger partial charge in [-0.15, -0.1) is 11.3 Å². The molecule has 2 aromatic heterocycles. The van der Waals surface area contributed by atoms with E-state index in [1.807, 2.05) is 6.92 Å². The molecule has 1 fully saturated rings. The van der Waals surface area contributed by atoms with E-state index in [0.717, 1.165) is 48.8 Å². The Labute approximate surface area is 147 Å². The number of anilines is 1. The summed E-state index contributed by atoms with van der Waals surface area (Å²) in [4.78, 5) is 24.1. The Morgan fingerprint density at radius 1 is 1.46 bits per heavy atom. The molecule has 6 heteroatoms. The van der Waals surface area contributed by atoms with Crippen molar-refractivity contribution in [3.63, 3.8) is 0 Å². The van der Waals surface area contributed by atoms with Gasteiger partial charge in [0, 0.05) is 19.5 Å². The summed E-state index contributed by atoms with van der Waals surface area (Å²) >= 11 is 1.71. The number of thiophene rings is 1. The van der Waals surface area contributed by atoms with Crippen LogP contribution in [0.15, 0.2) is 5.38 Å². The number of nitrogens with zero attached hydrogens (tertiary/aromatic N) is 3. The molecule has 5 nitrogen and oxygen atoms in total. The number of primary amides is 1. The van der Waals surface area contributed by atoms with E-state index in [4.69, 9.17) is 10.7 Å². The van der Waals surface area contributed by atoms with E-state index in [-0.39, 0.29) is 5.91 Å². The number of aromatic nitrogens is 2. The molecule has 0 saturated carbocycles. The Hall–Kier alpha value is -1.69. The monoisotopic (exact) mass is 346 g/mol. The van der Waals surface area contributed by atoms with Crippen LogP contribution in [-0.4, -0.2) is 29.0 Å². The zero-order chi connectivity index (χ0) is 17.3. The normalized spacial score (nSPS) is 18.5. The van der Waals surface area contributed by atoms with Gasteiger partial charge in [-0.3, -0.25) is 4.79 Å². The van der Waals surface area contributed by atoms with Crippen LogP contribution < -0.4 is 10.6 Å². The minimum absolute atomic E-state index is 0.207. The van der Waals surface area contributed by atoms with Crippen LogP contribution in [0.3, 0.4) is 0 Å². The van der Waals surface area contributed by atoms with Crippen molar-refractivity contribution in [1.29, 1.82) is 0 Å². The van der Waals surface area contributed by atoms with Crippen LogP contribution in [0.4, 0.5) is 5.82 Å². The minimum Gasteiger partial charge on any atom is -0.370 e. The number of fused-ring (bicyclic) bond motifs is 1. The Morgan fingerprint density at radius 3 is 2.96 bits per heavy atom. The van der Waals surface area contributed by atoms with Crippen molar-refractivity contribution in [2.45, 2.75) is 46.5 Å². The molecule has 1 atom stereocenters. The molecular formula is C18H26N4OS. The Bertz CT molecular complexity index is 740. The number of rotatable bonds is 5. The van der Waals surface area contributed by atoms with E-state index in [1.54, 1.807) is 11.3 Å². The van der Waals surface area contributed by atoms with Crippen molar-refractivity contribution in [3.8, 4) is 0 Å². The topological polar surface area (TPSA) is 72.1 Å². The summed E-state index contributed by atoms with van der Waals surface area (Å²) in [6.45, 7) is 8.27. The maximum atomic E-state index is 11.3. The molecule has 3 rings (SSSR count). The molecule has 130 valence electrons. The Balaban J connectivity index is 1.97. The quantitative estimate of drug-likeness (QED) is 0.902. The van der Waals surface area contributed by atoms with E-state index in [2.05, 4.69) is 29.1 Å². The third-order valence-electron chi connectivity index (χ3n) is 4.54. The van der Waals surface area contributed by atoms with Crippen LogP contribution in [0.1, 0.15) is 44.5 Å². The van der Waals surface area contributed by atoms with Gasteiger partial charge in [0.2, 0.25) is 5.91 Å². The Morgan fingerprint density at radius 2 is 2.25 bits per heavy atom. The average Bonchev–Trinajstić information content (AvgIpc) is 2.88. The molecule has 0 spiro atoms. The predicted octanol–water partition coefficient (Wildman–Crippen LogP) is 3.29. The van der Waals surface area contributed by atoms with Crippen molar-refractivity contribution < 1.29 is 4.79 Å². The van der Waals surface area contributed by atoms with Gasteiger partial charge in [0.05, 0.1) is 5.39 Å². The molecule has 1 aliphatic heterocycles. The molecule has 1 aliphatic rings. The lowest BCUT2D eigenvalue weighted by atomic mass is 9.94. The van der Waals surface area contributed by atoms with Gasteiger partial charge in [0.15, 0.2) is 0 Å². The average molecular weight is 346 g/mol. The molecule has 2 aromatic rings.